The first kappa shape index (κ1) is 9.92. The van der Waals surface area contributed by atoms with Crippen molar-refractivity contribution in [1.29, 1.82) is 0 Å². The lowest BCUT2D eigenvalue weighted by molar-refractivity contribution is 0.510. The van der Waals surface area contributed by atoms with E-state index < -0.39 is 10.2 Å². The minimum absolute atomic E-state index is 0.316. The Labute approximate surface area is 72.6 Å². The molecular weight excluding hydrogens is 181 g/mol. The molecule has 0 aromatic carbocycles. The van der Waals surface area contributed by atoms with E-state index >= 15 is 0 Å². The van der Waals surface area contributed by atoms with Crippen molar-refractivity contribution in [2.24, 2.45) is 5.92 Å². The summed E-state index contributed by atoms with van der Waals surface area (Å²) in [5, 5.41) is 3.18. The largest absolute Gasteiger partial charge is 0.316 e. The molecule has 0 saturated carbocycles. The number of hydrogen-bond donors (Lipinski definition) is 1. The Bertz CT molecular complexity index is 222. The molecule has 1 aliphatic heterocycles. The number of nitrogens with one attached hydrogen (secondary N) is 1. The normalized spacial score (nSPS) is 24.6. The third kappa shape index (κ3) is 4.01. The molecule has 1 heterocycles. The fourth-order valence-electron chi connectivity index (χ4n) is 1.51. The van der Waals surface area contributed by atoms with Gasteiger partial charge in [-0.3, -0.25) is 0 Å². The molecule has 5 heteroatoms. The standard InChI is InChI=1S/C7H14FNO2S/c8-12(10,11)5-1-2-7-3-4-9-6-7/h7,9H,1-6H2. The maximum Gasteiger partial charge on any atom is 0.302 e. The van der Waals surface area contributed by atoms with Gasteiger partial charge in [0.2, 0.25) is 0 Å². The maximum atomic E-state index is 12.0. The summed E-state index contributed by atoms with van der Waals surface area (Å²) in [6.07, 6.45) is 2.35. The Kier molecular flexibility index (Phi) is 3.46. The number of hydrogen-bond acceptors (Lipinski definition) is 3. The van der Waals surface area contributed by atoms with Crippen molar-refractivity contribution >= 4 is 10.2 Å². The first-order valence-electron chi connectivity index (χ1n) is 4.21. The Morgan fingerprint density at radius 3 is 2.75 bits per heavy atom. The molecule has 0 radical (unpaired) electrons. The minimum atomic E-state index is -4.24. The van der Waals surface area contributed by atoms with Gasteiger partial charge in [0, 0.05) is 0 Å². The van der Waals surface area contributed by atoms with Crippen molar-refractivity contribution in [3.63, 3.8) is 0 Å². The number of halogens is 1. The molecule has 72 valence electrons. The van der Waals surface area contributed by atoms with Crippen LogP contribution in [0.3, 0.4) is 0 Å². The first-order chi connectivity index (χ1) is 5.58. The molecule has 3 nitrogen and oxygen atoms in total. The summed E-state index contributed by atoms with van der Waals surface area (Å²) in [5.74, 6) is 0.232. The van der Waals surface area contributed by atoms with Crippen LogP contribution in [0.25, 0.3) is 0 Å². The van der Waals surface area contributed by atoms with E-state index in [0.29, 0.717) is 12.3 Å². The highest BCUT2D eigenvalue weighted by molar-refractivity contribution is 7.86. The van der Waals surface area contributed by atoms with Gasteiger partial charge in [0.05, 0.1) is 5.75 Å². The van der Waals surface area contributed by atoms with Crippen LogP contribution in [0.1, 0.15) is 19.3 Å². The van der Waals surface area contributed by atoms with Crippen LogP contribution in [0.4, 0.5) is 3.89 Å². The molecule has 0 spiro atoms. The molecule has 1 rings (SSSR count). The predicted molar refractivity (Wildman–Crippen MR) is 45.1 cm³/mol. The van der Waals surface area contributed by atoms with Gasteiger partial charge in [0.15, 0.2) is 0 Å². The molecule has 0 aromatic rings. The van der Waals surface area contributed by atoms with Gasteiger partial charge >= 0.3 is 10.2 Å². The Morgan fingerprint density at radius 2 is 2.25 bits per heavy atom. The SMILES string of the molecule is O=S(=O)(F)CCCC1CCNC1. The van der Waals surface area contributed by atoms with Crippen LogP contribution in [-0.2, 0) is 10.2 Å². The molecule has 0 aliphatic carbocycles. The lowest BCUT2D eigenvalue weighted by Gasteiger charge is -2.05. The van der Waals surface area contributed by atoms with Crippen molar-refractivity contribution in [2.45, 2.75) is 19.3 Å². The molecule has 1 unspecified atom stereocenters. The van der Waals surface area contributed by atoms with Gasteiger partial charge in [0.1, 0.15) is 0 Å². The van der Waals surface area contributed by atoms with Gasteiger partial charge in [-0.25, -0.2) is 0 Å². The van der Waals surface area contributed by atoms with E-state index in [0.717, 1.165) is 25.9 Å². The smallest absolute Gasteiger partial charge is 0.302 e. The van der Waals surface area contributed by atoms with Crippen LogP contribution < -0.4 is 5.32 Å². The molecule has 1 aliphatic rings. The highest BCUT2D eigenvalue weighted by Crippen LogP contribution is 2.14. The second-order valence-electron chi connectivity index (χ2n) is 3.24. The van der Waals surface area contributed by atoms with E-state index in [1.165, 1.54) is 0 Å². The summed E-state index contributed by atoms with van der Waals surface area (Å²) >= 11 is 0. The average Bonchev–Trinajstić information content (AvgIpc) is 2.36. The quantitative estimate of drug-likeness (QED) is 0.671. The molecule has 1 saturated heterocycles. The van der Waals surface area contributed by atoms with Gasteiger partial charge in [-0.05, 0) is 38.3 Å². The van der Waals surface area contributed by atoms with Crippen LogP contribution in [0.5, 0.6) is 0 Å². The van der Waals surface area contributed by atoms with Gasteiger partial charge in [-0.1, -0.05) is 0 Å². The zero-order chi connectivity index (χ0) is 9.03. The van der Waals surface area contributed by atoms with E-state index in [4.69, 9.17) is 0 Å². The summed E-state index contributed by atoms with van der Waals surface area (Å²) in [5.41, 5.74) is 0. The molecule has 0 amide bonds. The van der Waals surface area contributed by atoms with Crippen molar-refractivity contribution in [3.8, 4) is 0 Å². The summed E-state index contributed by atoms with van der Waals surface area (Å²) in [6, 6.07) is 0. The van der Waals surface area contributed by atoms with Crippen LogP contribution in [-0.4, -0.2) is 27.3 Å². The van der Waals surface area contributed by atoms with Gasteiger partial charge in [-0.15, -0.1) is 3.89 Å². The summed E-state index contributed by atoms with van der Waals surface area (Å²) in [6.45, 7) is 1.96. The van der Waals surface area contributed by atoms with E-state index in [-0.39, 0.29) is 5.75 Å². The second kappa shape index (κ2) is 4.18. The minimum Gasteiger partial charge on any atom is -0.316 e. The monoisotopic (exact) mass is 195 g/mol. The molecule has 1 fully saturated rings. The van der Waals surface area contributed by atoms with Crippen LogP contribution in [0, 0.1) is 5.92 Å². The van der Waals surface area contributed by atoms with Crippen LogP contribution in [0.15, 0.2) is 0 Å². The fourth-order valence-corrected chi connectivity index (χ4v) is 2.02. The van der Waals surface area contributed by atoms with Crippen molar-refractivity contribution in [3.05, 3.63) is 0 Å². The van der Waals surface area contributed by atoms with E-state index in [2.05, 4.69) is 5.32 Å². The average molecular weight is 195 g/mol. The van der Waals surface area contributed by atoms with Crippen molar-refractivity contribution in [1.82, 2.24) is 5.32 Å². The zero-order valence-corrected chi connectivity index (χ0v) is 7.74. The van der Waals surface area contributed by atoms with Gasteiger partial charge in [-0.2, -0.15) is 8.42 Å². The van der Waals surface area contributed by atoms with E-state index in [1.807, 2.05) is 0 Å². The maximum absolute atomic E-state index is 12.0. The number of rotatable bonds is 4. The predicted octanol–water partition coefficient (Wildman–Crippen LogP) is 0.675. The Balaban J connectivity index is 2.09. The lowest BCUT2D eigenvalue weighted by Crippen LogP contribution is -2.10. The van der Waals surface area contributed by atoms with Gasteiger partial charge < -0.3 is 5.32 Å². The third-order valence-corrected chi connectivity index (χ3v) is 2.94. The molecule has 12 heavy (non-hydrogen) atoms. The van der Waals surface area contributed by atoms with Crippen LogP contribution >= 0.6 is 0 Å². The summed E-state index contributed by atoms with van der Waals surface area (Å²) < 4.78 is 32.3. The fraction of sp³-hybridized carbons (Fsp3) is 1.00. The highest BCUT2D eigenvalue weighted by atomic mass is 32.3. The third-order valence-electron chi connectivity index (χ3n) is 2.16. The molecule has 1 atom stereocenters. The molecule has 1 N–H and O–H groups in total. The van der Waals surface area contributed by atoms with Crippen LogP contribution in [0.2, 0.25) is 0 Å². The van der Waals surface area contributed by atoms with Crippen molar-refractivity contribution in [2.75, 3.05) is 18.8 Å². The Hall–Kier alpha value is -0.160. The topological polar surface area (TPSA) is 46.2 Å². The van der Waals surface area contributed by atoms with E-state index in [1.54, 1.807) is 0 Å². The first-order valence-corrected chi connectivity index (χ1v) is 5.76. The lowest BCUT2D eigenvalue weighted by atomic mass is 10.0. The molecular formula is C7H14FNO2S. The molecule has 0 bridgehead atoms. The Morgan fingerprint density at radius 1 is 1.50 bits per heavy atom. The zero-order valence-electron chi connectivity index (χ0n) is 6.92. The van der Waals surface area contributed by atoms with E-state index in [9.17, 15) is 12.3 Å². The van der Waals surface area contributed by atoms with Gasteiger partial charge in [0.25, 0.3) is 0 Å². The molecule has 0 aromatic heterocycles. The van der Waals surface area contributed by atoms with Crippen molar-refractivity contribution < 1.29 is 12.3 Å². The highest BCUT2D eigenvalue weighted by Gasteiger charge is 2.15. The second-order valence-corrected chi connectivity index (χ2v) is 4.73. The summed E-state index contributed by atoms with van der Waals surface area (Å²) in [7, 11) is -4.24. The summed E-state index contributed by atoms with van der Waals surface area (Å²) in [4.78, 5) is 0.